The third kappa shape index (κ3) is 5.55. The van der Waals surface area contributed by atoms with E-state index in [0.717, 1.165) is 12.1 Å². The number of hydrogen-bond donors (Lipinski definition) is 3. The van der Waals surface area contributed by atoms with Crippen molar-refractivity contribution in [3.63, 3.8) is 0 Å². The Morgan fingerprint density at radius 3 is 2.16 bits per heavy atom. The summed E-state index contributed by atoms with van der Waals surface area (Å²) in [5, 5.41) is 12.3. The Balaban J connectivity index is 3.20. The molecule has 0 aliphatic rings. The number of methoxy groups -OCH3 is 2. The first kappa shape index (κ1) is 20.1. The Hall–Kier alpha value is -2.98. The predicted molar refractivity (Wildman–Crippen MR) is 78.8 cm³/mol. The molecule has 0 atom stereocenters. The molecule has 1 rings (SSSR count). The van der Waals surface area contributed by atoms with Gasteiger partial charge in [0.2, 0.25) is 0 Å². The average Bonchev–Trinajstić information content (AvgIpc) is 2.52. The lowest BCUT2D eigenvalue weighted by molar-refractivity contribution is -0.167. The monoisotopic (exact) mass is 364 g/mol. The molecule has 0 bridgehead atoms. The summed E-state index contributed by atoms with van der Waals surface area (Å²) in [6.07, 6.45) is -5.55. The van der Waals surface area contributed by atoms with E-state index in [2.05, 4.69) is 5.32 Å². The zero-order valence-electron chi connectivity index (χ0n) is 13.2. The maximum atomic E-state index is 12.5. The fraction of sp³-hybridized carbons (Fsp3) is 0.357. The first-order valence-electron chi connectivity index (χ1n) is 6.74. The van der Waals surface area contributed by atoms with Crippen LogP contribution in [0.2, 0.25) is 0 Å². The van der Waals surface area contributed by atoms with Gasteiger partial charge in [-0.2, -0.15) is 13.2 Å². The number of alkyl halides is 3. The Kier molecular flexibility index (Phi) is 6.60. The molecular formula is C14H15F3N2O6. The number of amides is 2. The predicted octanol–water partition coefficient (Wildman–Crippen LogP) is 1.41. The Labute approximate surface area is 139 Å². The van der Waals surface area contributed by atoms with Gasteiger partial charge in [0, 0.05) is 12.6 Å². The van der Waals surface area contributed by atoms with E-state index in [4.69, 9.17) is 14.6 Å². The summed E-state index contributed by atoms with van der Waals surface area (Å²) in [7, 11) is 2.47. The number of benzene rings is 1. The molecule has 0 saturated carbocycles. The molecule has 0 aromatic heterocycles. The second-order valence-electron chi connectivity index (χ2n) is 4.60. The van der Waals surface area contributed by atoms with Crippen molar-refractivity contribution in [3.05, 3.63) is 17.7 Å². The normalized spacial score (nSPS) is 10.8. The van der Waals surface area contributed by atoms with Crippen LogP contribution in [0.15, 0.2) is 12.1 Å². The van der Waals surface area contributed by atoms with Crippen molar-refractivity contribution in [1.82, 2.24) is 5.32 Å². The Bertz CT molecular complexity index is 675. The number of carbonyl (C=O) groups excluding carboxylic acids is 2. The van der Waals surface area contributed by atoms with Gasteiger partial charge in [0.25, 0.3) is 5.91 Å². The lowest BCUT2D eigenvalue weighted by Gasteiger charge is -2.16. The second-order valence-corrected chi connectivity index (χ2v) is 4.60. The molecule has 0 saturated heterocycles. The molecule has 1 aromatic carbocycles. The van der Waals surface area contributed by atoms with Crippen LogP contribution in [-0.2, 0) is 9.59 Å². The fourth-order valence-corrected chi connectivity index (χ4v) is 1.74. The van der Waals surface area contributed by atoms with Gasteiger partial charge in [0.15, 0.2) is 11.5 Å². The highest BCUT2D eigenvalue weighted by Gasteiger charge is 2.39. The third-order valence-corrected chi connectivity index (χ3v) is 2.90. The number of halogens is 3. The molecule has 0 radical (unpaired) electrons. The van der Waals surface area contributed by atoms with Crippen molar-refractivity contribution >= 4 is 23.5 Å². The maximum absolute atomic E-state index is 12.5. The van der Waals surface area contributed by atoms with Crippen LogP contribution in [0.5, 0.6) is 11.5 Å². The van der Waals surface area contributed by atoms with Gasteiger partial charge in [-0.25, -0.2) is 0 Å². The number of anilines is 1. The van der Waals surface area contributed by atoms with E-state index in [1.54, 1.807) is 5.32 Å². The van der Waals surface area contributed by atoms with Gasteiger partial charge in [-0.3, -0.25) is 14.4 Å². The minimum atomic E-state index is -5.16. The summed E-state index contributed by atoms with van der Waals surface area (Å²) in [5.41, 5.74) is -0.812. The molecule has 0 aliphatic heterocycles. The van der Waals surface area contributed by atoms with Crippen LogP contribution in [0.1, 0.15) is 16.8 Å². The number of aliphatic carboxylic acids is 1. The average molecular weight is 364 g/mol. The van der Waals surface area contributed by atoms with Crippen LogP contribution in [0.25, 0.3) is 0 Å². The van der Waals surface area contributed by atoms with Gasteiger partial charge in [-0.15, -0.1) is 0 Å². The molecule has 0 heterocycles. The van der Waals surface area contributed by atoms with E-state index in [1.165, 1.54) is 14.2 Å². The van der Waals surface area contributed by atoms with Crippen LogP contribution < -0.4 is 20.1 Å². The fourth-order valence-electron chi connectivity index (χ4n) is 1.74. The van der Waals surface area contributed by atoms with Crippen molar-refractivity contribution in [2.45, 2.75) is 12.6 Å². The zero-order valence-corrected chi connectivity index (χ0v) is 13.2. The van der Waals surface area contributed by atoms with E-state index in [0.29, 0.717) is 0 Å². The standard InChI is InChI=1S/C14H15F3N2O6/c1-24-9-5-7(12(22)18-4-3-11(20)21)8(6-10(9)25-2)19-13(23)14(15,16)17/h5-6H,3-4H2,1-2H3,(H,18,22)(H,19,23)(H,20,21). The molecule has 1 aromatic rings. The van der Waals surface area contributed by atoms with Crippen molar-refractivity contribution in [3.8, 4) is 11.5 Å². The molecule has 0 fully saturated rings. The van der Waals surface area contributed by atoms with Crippen molar-refractivity contribution in [1.29, 1.82) is 0 Å². The van der Waals surface area contributed by atoms with Crippen molar-refractivity contribution < 1.29 is 42.1 Å². The molecule has 11 heteroatoms. The number of carbonyl (C=O) groups is 3. The molecule has 8 nitrogen and oxygen atoms in total. The smallest absolute Gasteiger partial charge is 0.471 e. The van der Waals surface area contributed by atoms with Gasteiger partial charge in [-0.1, -0.05) is 0 Å². The lowest BCUT2D eigenvalue weighted by atomic mass is 10.1. The maximum Gasteiger partial charge on any atom is 0.471 e. The quantitative estimate of drug-likeness (QED) is 0.674. The van der Waals surface area contributed by atoms with Crippen molar-refractivity contribution in [2.75, 3.05) is 26.1 Å². The molecule has 0 unspecified atom stereocenters. The molecule has 0 spiro atoms. The van der Waals surface area contributed by atoms with Gasteiger partial charge in [0.1, 0.15) is 0 Å². The summed E-state index contributed by atoms with van der Waals surface area (Å²) in [6, 6.07) is 2.06. The van der Waals surface area contributed by atoms with Crippen LogP contribution in [0, 0.1) is 0 Å². The van der Waals surface area contributed by atoms with Gasteiger partial charge < -0.3 is 25.2 Å². The van der Waals surface area contributed by atoms with Crippen molar-refractivity contribution in [2.24, 2.45) is 0 Å². The SMILES string of the molecule is COc1cc(NC(=O)C(F)(F)F)c(C(=O)NCCC(=O)O)cc1OC. The minimum absolute atomic E-state index is 0.0120. The van der Waals surface area contributed by atoms with Crippen LogP contribution in [0.3, 0.4) is 0 Å². The summed E-state index contributed by atoms with van der Waals surface area (Å²) in [6.45, 7) is -0.255. The van der Waals surface area contributed by atoms with Gasteiger partial charge in [0.05, 0.1) is 31.9 Å². The Morgan fingerprint density at radius 2 is 1.68 bits per heavy atom. The number of carboxylic acid groups (broad SMARTS) is 1. The lowest BCUT2D eigenvalue weighted by Crippen LogP contribution is -2.32. The summed E-state index contributed by atoms with van der Waals surface area (Å²) < 4.78 is 47.2. The highest BCUT2D eigenvalue weighted by Crippen LogP contribution is 2.34. The van der Waals surface area contributed by atoms with Crippen LogP contribution in [0.4, 0.5) is 18.9 Å². The molecular weight excluding hydrogens is 349 g/mol. The molecule has 2 amide bonds. The minimum Gasteiger partial charge on any atom is -0.493 e. The van der Waals surface area contributed by atoms with E-state index >= 15 is 0 Å². The van der Waals surface area contributed by atoms with Gasteiger partial charge in [-0.05, 0) is 6.07 Å². The number of ether oxygens (including phenoxy) is 2. The van der Waals surface area contributed by atoms with E-state index in [1.807, 2.05) is 0 Å². The molecule has 138 valence electrons. The largest absolute Gasteiger partial charge is 0.493 e. The third-order valence-electron chi connectivity index (χ3n) is 2.90. The molecule has 0 aliphatic carbocycles. The summed E-state index contributed by atoms with van der Waals surface area (Å²) >= 11 is 0. The van der Waals surface area contributed by atoms with E-state index in [-0.39, 0.29) is 30.0 Å². The van der Waals surface area contributed by atoms with Crippen LogP contribution in [-0.4, -0.2) is 49.8 Å². The number of carboxylic acids is 1. The molecule has 3 N–H and O–H groups in total. The number of nitrogens with one attached hydrogen (secondary N) is 2. The number of rotatable bonds is 7. The van der Waals surface area contributed by atoms with Gasteiger partial charge >= 0.3 is 18.1 Å². The topological polar surface area (TPSA) is 114 Å². The Morgan fingerprint density at radius 1 is 1.12 bits per heavy atom. The number of hydrogen-bond acceptors (Lipinski definition) is 5. The first-order valence-corrected chi connectivity index (χ1v) is 6.74. The highest BCUT2D eigenvalue weighted by atomic mass is 19.4. The zero-order chi connectivity index (χ0) is 19.2. The second kappa shape index (κ2) is 8.22. The van der Waals surface area contributed by atoms with E-state index in [9.17, 15) is 27.6 Å². The van der Waals surface area contributed by atoms with E-state index < -0.39 is 29.6 Å². The highest BCUT2D eigenvalue weighted by molar-refractivity contribution is 6.05. The summed E-state index contributed by atoms with van der Waals surface area (Å²) in [4.78, 5) is 33.7. The van der Waals surface area contributed by atoms with Crippen LogP contribution >= 0.6 is 0 Å². The first-order chi connectivity index (χ1) is 11.6. The molecule has 25 heavy (non-hydrogen) atoms. The summed E-state index contributed by atoms with van der Waals surface area (Å²) in [5.74, 6) is -4.31.